The highest BCUT2D eigenvalue weighted by Gasteiger charge is 2.33. The van der Waals surface area contributed by atoms with Crippen LogP contribution >= 0.6 is 11.6 Å². The van der Waals surface area contributed by atoms with E-state index in [0.717, 1.165) is 62.0 Å². The van der Waals surface area contributed by atoms with E-state index in [1.54, 1.807) is 0 Å². The number of amidine groups is 1. The molecular formula is C23H42ClN5. The number of halogens is 1. The number of hydrogen-bond acceptors (Lipinski definition) is 4. The van der Waals surface area contributed by atoms with Crippen LogP contribution in [0, 0.1) is 0 Å². The molecule has 1 atom stereocenters. The van der Waals surface area contributed by atoms with Gasteiger partial charge in [-0.15, -0.1) is 0 Å². The van der Waals surface area contributed by atoms with Crippen molar-refractivity contribution in [3.05, 3.63) is 11.1 Å². The molecule has 6 heteroatoms. The van der Waals surface area contributed by atoms with Gasteiger partial charge in [0.1, 0.15) is 11.5 Å². The van der Waals surface area contributed by atoms with Crippen LogP contribution in [0.2, 0.25) is 0 Å². The lowest BCUT2D eigenvalue weighted by Crippen LogP contribution is -2.53. The van der Waals surface area contributed by atoms with Crippen molar-refractivity contribution in [3.8, 4) is 0 Å². The first-order chi connectivity index (χ1) is 14.2. The largest absolute Gasteiger partial charge is 0.348 e. The Bertz CT molecular complexity index is 537. The minimum atomic E-state index is -0.383. The van der Waals surface area contributed by atoms with E-state index in [9.17, 15) is 0 Å². The van der Waals surface area contributed by atoms with Crippen molar-refractivity contribution < 1.29 is 0 Å². The quantitative estimate of drug-likeness (QED) is 0.379. The molecule has 0 saturated heterocycles. The molecule has 0 aromatic heterocycles. The van der Waals surface area contributed by atoms with E-state index in [2.05, 4.69) is 28.2 Å². The maximum atomic E-state index is 6.52. The molecule has 5 nitrogen and oxygen atoms in total. The van der Waals surface area contributed by atoms with Crippen LogP contribution in [0.3, 0.4) is 0 Å². The summed E-state index contributed by atoms with van der Waals surface area (Å²) in [5, 5.41) is 15.2. The molecule has 0 amide bonds. The smallest absolute Gasteiger partial charge is 0.124 e. The van der Waals surface area contributed by atoms with E-state index in [1.165, 1.54) is 64.2 Å². The zero-order valence-electron chi connectivity index (χ0n) is 18.4. The molecular weight excluding hydrogens is 382 g/mol. The topological polar surface area (TPSA) is 60.5 Å². The molecule has 1 heterocycles. The molecule has 4 N–H and O–H groups in total. The third-order valence-corrected chi connectivity index (χ3v) is 7.13. The molecule has 0 aromatic carbocycles. The van der Waals surface area contributed by atoms with Crippen molar-refractivity contribution >= 4 is 17.4 Å². The van der Waals surface area contributed by atoms with Crippen LogP contribution in [0.25, 0.3) is 0 Å². The SMILES string of the molecule is CC1(NCCCNC2CCCCC2)NC(=NCCCNC2CCCCC2)C=C1Cl. The molecule has 29 heavy (non-hydrogen) atoms. The maximum Gasteiger partial charge on any atom is 0.124 e. The highest BCUT2D eigenvalue weighted by molar-refractivity contribution is 6.33. The first kappa shape index (κ1) is 23.1. The highest BCUT2D eigenvalue weighted by Crippen LogP contribution is 2.23. The van der Waals surface area contributed by atoms with Crippen molar-refractivity contribution in [1.29, 1.82) is 0 Å². The number of nitrogens with one attached hydrogen (secondary N) is 4. The second-order valence-corrected chi connectivity index (χ2v) is 9.63. The lowest BCUT2D eigenvalue weighted by atomic mass is 9.95. The van der Waals surface area contributed by atoms with Gasteiger partial charge < -0.3 is 16.0 Å². The van der Waals surface area contributed by atoms with Crippen molar-refractivity contribution in [3.63, 3.8) is 0 Å². The van der Waals surface area contributed by atoms with Gasteiger partial charge in [0.2, 0.25) is 0 Å². The Morgan fingerprint density at radius 3 is 2.14 bits per heavy atom. The molecule has 166 valence electrons. The van der Waals surface area contributed by atoms with E-state index < -0.39 is 0 Å². The van der Waals surface area contributed by atoms with E-state index in [1.807, 2.05) is 6.08 Å². The third kappa shape index (κ3) is 7.86. The summed E-state index contributed by atoms with van der Waals surface area (Å²) in [5.41, 5.74) is -0.383. The maximum absolute atomic E-state index is 6.52. The zero-order valence-corrected chi connectivity index (χ0v) is 19.1. The molecule has 0 aromatic rings. The lowest BCUT2D eigenvalue weighted by Gasteiger charge is -2.28. The summed E-state index contributed by atoms with van der Waals surface area (Å²) in [6.07, 6.45) is 17.9. The fourth-order valence-electron chi connectivity index (χ4n) is 4.76. The first-order valence-electron chi connectivity index (χ1n) is 12.1. The van der Waals surface area contributed by atoms with Crippen molar-refractivity contribution in [1.82, 2.24) is 21.3 Å². The summed E-state index contributed by atoms with van der Waals surface area (Å²) >= 11 is 6.52. The average molecular weight is 424 g/mol. The third-order valence-electron chi connectivity index (χ3n) is 6.64. The van der Waals surface area contributed by atoms with E-state index in [-0.39, 0.29) is 5.66 Å². The van der Waals surface area contributed by atoms with Gasteiger partial charge in [0, 0.05) is 18.6 Å². The Hall–Kier alpha value is -0.620. The van der Waals surface area contributed by atoms with E-state index in [4.69, 9.17) is 16.6 Å². The minimum absolute atomic E-state index is 0.383. The Labute approximate surface area is 182 Å². The Kier molecular flexibility index (Phi) is 9.77. The Balaban J connectivity index is 1.27. The molecule has 0 spiro atoms. The molecule has 3 aliphatic rings. The molecule has 1 aliphatic heterocycles. The van der Waals surface area contributed by atoms with Crippen LogP contribution in [0.1, 0.15) is 84.0 Å². The number of rotatable bonds is 11. The van der Waals surface area contributed by atoms with Gasteiger partial charge in [0.05, 0.1) is 5.03 Å². The first-order valence-corrected chi connectivity index (χ1v) is 12.5. The van der Waals surface area contributed by atoms with Crippen molar-refractivity contribution in [2.45, 2.75) is 102 Å². The lowest BCUT2D eigenvalue weighted by molar-refractivity contribution is 0.360. The second-order valence-electron chi connectivity index (χ2n) is 9.22. The molecule has 2 aliphatic carbocycles. The minimum Gasteiger partial charge on any atom is -0.348 e. The van der Waals surface area contributed by atoms with Crippen LogP contribution in [0.15, 0.2) is 16.1 Å². The summed E-state index contributed by atoms with van der Waals surface area (Å²) in [6, 6.07) is 1.47. The number of hydrogen-bond donors (Lipinski definition) is 4. The predicted octanol–water partition coefficient (Wildman–Crippen LogP) is 4.04. The van der Waals surface area contributed by atoms with Gasteiger partial charge in [-0.25, -0.2) is 0 Å². The summed E-state index contributed by atoms with van der Waals surface area (Å²) in [6.45, 7) is 6.01. The van der Waals surface area contributed by atoms with Crippen LogP contribution in [0.5, 0.6) is 0 Å². The second kappa shape index (κ2) is 12.3. The number of nitrogens with zero attached hydrogens (tertiary/aromatic N) is 1. The van der Waals surface area contributed by atoms with Crippen LogP contribution in [-0.2, 0) is 0 Å². The molecule has 2 saturated carbocycles. The summed E-state index contributed by atoms with van der Waals surface area (Å²) < 4.78 is 0. The van der Waals surface area contributed by atoms with Gasteiger partial charge in [-0.2, -0.15) is 0 Å². The molecule has 0 radical (unpaired) electrons. The standard InChI is InChI=1S/C23H42ClN5/c1-23(28-17-9-15-26-20-12-6-3-7-13-20)21(24)18-22(29-23)27-16-8-14-25-19-10-4-2-5-11-19/h18-20,25-26,28H,2-17H2,1H3,(H,27,29). The van der Waals surface area contributed by atoms with Crippen LogP contribution in [0.4, 0.5) is 0 Å². The molecule has 3 rings (SSSR count). The monoisotopic (exact) mass is 423 g/mol. The fourth-order valence-corrected chi connectivity index (χ4v) is 4.98. The van der Waals surface area contributed by atoms with Gasteiger partial charge in [0.25, 0.3) is 0 Å². The van der Waals surface area contributed by atoms with Crippen molar-refractivity contribution in [2.24, 2.45) is 4.99 Å². The molecule has 2 fully saturated rings. The molecule has 1 unspecified atom stereocenters. The van der Waals surface area contributed by atoms with Gasteiger partial charge in [-0.05, 0) is 71.2 Å². The van der Waals surface area contributed by atoms with E-state index >= 15 is 0 Å². The predicted molar refractivity (Wildman–Crippen MR) is 125 cm³/mol. The van der Waals surface area contributed by atoms with E-state index in [0.29, 0.717) is 0 Å². The summed E-state index contributed by atoms with van der Waals surface area (Å²) in [7, 11) is 0. The Morgan fingerprint density at radius 2 is 1.52 bits per heavy atom. The summed E-state index contributed by atoms with van der Waals surface area (Å²) in [5.74, 6) is 0.906. The normalized spacial score (nSPS) is 27.9. The average Bonchev–Trinajstić information content (AvgIpc) is 3.02. The fraction of sp³-hybridized carbons (Fsp3) is 0.870. The van der Waals surface area contributed by atoms with Crippen molar-refractivity contribution in [2.75, 3.05) is 26.2 Å². The zero-order chi connectivity index (χ0) is 20.4. The van der Waals surface area contributed by atoms with Gasteiger partial charge in [-0.1, -0.05) is 50.1 Å². The van der Waals surface area contributed by atoms with Gasteiger partial charge in [0.15, 0.2) is 0 Å². The van der Waals surface area contributed by atoms with Gasteiger partial charge >= 0.3 is 0 Å². The Morgan fingerprint density at radius 1 is 0.931 bits per heavy atom. The summed E-state index contributed by atoms with van der Waals surface area (Å²) in [4.78, 5) is 4.71. The highest BCUT2D eigenvalue weighted by atomic mass is 35.5. The van der Waals surface area contributed by atoms with Gasteiger partial charge in [-0.3, -0.25) is 10.3 Å². The van der Waals surface area contributed by atoms with Crippen LogP contribution < -0.4 is 21.3 Å². The van der Waals surface area contributed by atoms with Crippen LogP contribution in [-0.4, -0.2) is 49.8 Å². The molecule has 0 bridgehead atoms. The number of aliphatic imine (C=N–C) groups is 1.